The van der Waals surface area contributed by atoms with Crippen molar-refractivity contribution in [3.8, 4) is 0 Å². The van der Waals surface area contributed by atoms with E-state index in [4.69, 9.17) is 17.3 Å². The van der Waals surface area contributed by atoms with E-state index in [9.17, 15) is 8.78 Å². The minimum Gasteiger partial charge on any atom is -0.325 e. The molecule has 0 unspecified atom stereocenters. The Morgan fingerprint density at radius 3 is 2.53 bits per heavy atom. The fourth-order valence-corrected chi connectivity index (χ4v) is 1.70. The van der Waals surface area contributed by atoms with Crippen LogP contribution < -0.4 is 5.73 Å². The summed E-state index contributed by atoms with van der Waals surface area (Å²) in [5.41, 5.74) is 6.09. The van der Waals surface area contributed by atoms with Gasteiger partial charge in [-0.2, -0.15) is 0 Å². The van der Waals surface area contributed by atoms with E-state index < -0.39 is 11.6 Å². The Kier molecular flexibility index (Phi) is 2.69. The van der Waals surface area contributed by atoms with Crippen molar-refractivity contribution in [1.29, 1.82) is 0 Å². The first kappa shape index (κ1) is 10.8. The molecule has 0 spiro atoms. The highest BCUT2D eigenvalue weighted by molar-refractivity contribution is 6.30. The molecule has 0 heterocycles. The molecule has 0 radical (unpaired) electrons. The Labute approximate surface area is 92.2 Å². The van der Waals surface area contributed by atoms with Crippen LogP contribution in [0.4, 0.5) is 8.78 Å². The Hall–Kier alpha value is -0.670. The van der Waals surface area contributed by atoms with Crippen LogP contribution in [0.3, 0.4) is 0 Å². The van der Waals surface area contributed by atoms with Gasteiger partial charge in [0.2, 0.25) is 0 Å². The number of halogens is 3. The van der Waals surface area contributed by atoms with E-state index in [1.54, 1.807) is 0 Å². The summed E-state index contributed by atoms with van der Waals surface area (Å²) in [5, 5.41) is -0.176. The second-order valence-electron chi connectivity index (χ2n) is 4.22. The van der Waals surface area contributed by atoms with E-state index >= 15 is 0 Å². The van der Waals surface area contributed by atoms with Crippen LogP contribution in [0.15, 0.2) is 12.1 Å². The van der Waals surface area contributed by atoms with E-state index in [-0.39, 0.29) is 10.6 Å². The van der Waals surface area contributed by atoms with Crippen molar-refractivity contribution < 1.29 is 8.78 Å². The summed E-state index contributed by atoms with van der Waals surface area (Å²) in [7, 11) is 0. The first-order chi connectivity index (χ1) is 7.00. The fraction of sp³-hybridized carbons (Fsp3) is 0.455. The van der Waals surface area contributed by atoms with Gasteiger partial charge in [-0.25, -0.2) is 8.78 Å². The maximum Gasteiger partial charge on any atom is 0.142 e. The molecule has 2 rings (SSSR count). The molecule has 0 bridgehead atoms. The number of benzene rings is 1. The summed E-state index contributed by atoms with van der Waals surface area (Å²) in [6, 6.07) is 2.17. The molecule has 1 nitrogen and oxygen atoms in total. The zero-order valence-corrected chi connectivity index (χ0v) is 8.95. The Morgan fingerprint density at radius 1 is 1.27 bits per heavy atom. The molecule has 1 aromatic rings. The molecule has 1 aromatic carbocycles. The van der Waals surface area contributed by atoms with Gasteiger partial charge in [-0.3, -0.25) is 0 Å². The summed E-state index contributed by atoms with van der Waals surface area (Å²) < 4.78 is 26.4. The van der Waals surface area contributed by atoms with Gasteiger partial charge in [0.25, 0.3) is 0 Å². The van der Waals surface area contributed by atoms with Crippen molar-refractivity contribution in [3.63, 3.8) is 0 Å². The van der Waals surface area contributed by atoms with Crippen LogP contribution >= 0.6 is 11.6 Å². The van der Waals surface area contributed by atoms with E-state index in [0.29, 0.717) is 18.4 Å². The van der Waals surface area contributed by atoms with Gasteiger partial charge < -0.3 is 5.73 Å². The largest absolute Gasteiger partial charge is 0.325 e. The smallest absolute Gasteiger partial charge is 0.142 e. The van der Waals surface area contributed by atoms with Gasteiger partial charge >= 0.3 is 0 Å². The van der Waals surface area contributed by atoms with Crippen LogP contribution in [-0.4, -0.2) is 5.54 Å². The lowest BCUT2D eigenvalue weighted by Crippen LogP contribution is -2.22. The first-order valence-corrected chi connectivity index (χ1v) is 5.30. The Morgan fingerprint density at radius 2 is 1.93 bits per heavy atom. The van der Waals surface area contributed by atoms with Gasteiger partial charge in [0.05, 0.1) is 5.02 Å². The lowest BCUT2D eigenvalue weighted by atomic mass is 10.0. The molecule has 1 saturated carbocycles. The number of hydrogen-bond acceptors (Lipinski definition) is 1. The predicted molar refractivity (Wildman–Crippen MR) is 55.8 cm³/mol. The van der Waals surface area contributed by atoms with Crippen molar-refractivity contribution in [2.24, 2.45) is 5.73 Å². The highest BCUT2D eigenvalue weighted by Gasteiger charge is 2.37. The molecule has 2 N–H and O–H groups in total. The van der Waals surface area contributed by atoms with Gasteiger partial charge in [-0.05, 0) is 43.4 Å². The van der Waals surface area contributed by atoms with Crippen LogP contribution in [0, 0.1) is 11.6 Å². The third-order valence-corrected chi connectivity index (χ3v) is 3.16. The second kappa shape index (κ2) is 3.72. The molecular weight excluding hydrogens is 220 g/mol. The van der Waals surface area contributed by atoms with Crippen molar-refractivity contribution in [2.45, 2.75) is 31.2 Å². The third kappa shape index (κ3) is 2.47. The molecule has 0 amide bonds. The summed E-state index contributed by atoms with van der Waals surface area (Å²) in [6.07, 6.45) is 3.12. The van der Waals surface area contributed by atoms with Crippen molar-refractivity contribution in [1.82, 2.24) is 0 Å². The van der Waals surface area contributed by atoms with Crippen LogP contribution in [0.1, 0.15) is 24.8 Å². The average Bonchev–Trinajstić information content (AvgIpc) is 2.89. The molecule has 0 aliphatic heterocycles. The Bertz CT molecular complexity index is 388. The molecule has 82 valence electrons. The maximum absolute atomic E-state index is 13.3. The normalized spacial score (nSPS) is 17.9. The fourth-order valence-electron chi connectivity index (χ4n) is 1.55. The van der Waals surface area contributed by atoms with Crippen molar-refractivity contribution >= 4 is 11.6 Å². The third-order valence-electron chi connectivity index (χ3n) is 2.87. The summed E-state index contributed by atoms with van der Waals surface area (Å²) in [6.45, 7) is 0. The predicted octanol–water partition coefficient (Wildman–Crippen LogP) is 3.04. The summed E-state index contributed by atoms with van der Waals surface area (Å²) in [4.78, 5) is 0. The molecule has 15 heavy (non-hydrogen) atoms. The zero-order chi connectivity index (χ0) is 11.1. The number of aryl methyl sites for hydroxylation is 1. The van der Waals surface area contributed by atoms with Crippen molar-refractivity contribution in [3.05, 3.63) is 34.4 Å². The van der Waals surface area contributed by atoms with Crippen LogP contribution in [0.5, 0.6) is 0 Å². The van der Waals surface area contributed by atoms with Gasteiger partial charge in [0, 0.05) is 5.54 Å². The molecule has 4 heteroatoms. The number of nitrogens with two attached hydrogens (primary N) is 1. The van der Waals surface area contributed by atoms with Gasteiger partial charge in [-0.15, -0.1) is 0 Å². The minimum atomic E-state index is -0.574. The van der Waals surface area contributed by atoms with Gasteiger partial charge in [-0.1, -0.05) is 11.6 Å². The second-order valence-corrected chi connectivity index (χ2v) is 4.63. The summed E-state index contributed by atoms with van der Waals surface area (Å²) in [5.74, 6) is -1.03. The average molecular weight is 232 g/mol. The molecular formula is C11H12ClF2N. The topological polar surface area (TPSA) is 26.0 Å². The highest BCUT2D eigenvalue weighted by atomic mass is 35.5. The lowest BCUT2D eigenvalue weighted by molar-refractivity contribution is 0.558. The van der Waals surface area contributed by atoms with Gasteiger partial charge in [0.15, 0.2) is 0 Å². The minimum absolute atomic E-state index is 0.136. The van der Waals surface area contributed by atoms with Crippen LogP contribution in [0.25, 0.3) is 0 Å². The molecule has 1 aliphatic carbocycles. The number of hydrogen-bond donors (Lipinski definition) is 1. The van der Waals surface area contributed by atoms with E-state index in [0.717, 1.165) is 25.0 Å². The molecule has 0 atom stereocenters. The standard InChI is InChI=1S/C11H12ClF2N/c12-8-6-9(13)7(5-10(8)14)1-2-11(15)3-4-11/h5-6H,1-4,15H2. The molecule has 1 aliphatic rings. The van der Waals surface area contributed by atoms with E-state index in [2.05, 4.69) is 0 Å². The first-order valence-electron chi connectivity index (χ1n) is 4.92. The monoisotopic (exact) mass is 231 g/mol. The molecule has 0 aromatic heterocycles. The molecule has 1 fully saturated rings. The summed E-state index contributed by atoms with van der Waals surface area (Å²) >= 11 is 5.45. The van der Waals surface area contributed by atoms with Crippen LogP contribution in [-0.2, 0) is 6.42 Å². The van der Waals surface area contributed by atoms with Crippen molar-refractivity contribution in [2.75, 3.05) is 0 Å². The zero-order valence-electron chi connectivity index (χ0n) is 8.19. The Balaban J connectivity index is 2.10. The van der Waals surface area contributed by atoms with Gasteiger partial charge in [0.1, 0.15) is 11.6 Å². The highest BCUT2D eigenvalue weighted by Crippen LogP contribution is 2.37. The lowest BCUT2D eigenvalue weighted by Gasteiger charge is -2.09. The van der Waals surface area contributed by atoms with E-state index in [1.807, 2.05) is 0 Å². The maximum atomic E-state index is 13.3. The SMILES string of the molecule is NC1(CCc2cc(F)c(Cl)cc2F)CC1. The number of rotatable bonds is 3. The quantitative estimate of drug-likeness (QED) is 0.795. The van der Waals surface area contributed by atoms with Crippen LogP contribution in [0.2, 0.25) is 5.02 Å². The molecule has 0 saturated heterocycles. The van der Waals surface area contributed by atoms with E-state index in [1.165, 1.54) is 0 Å².